The Morgan fingerprint density at radius 2 is 1.77 bits per heavy atom. The Bertz CT molecular complexity index is 516. The van der Waals surface area contributed by atoms with Crippen LogP contribution in [0.5, 0.6) is 0 Å². The van der Waals surface area contributed by atoms with Gasteiger partial charge in [0.25, 0.3) is 0 Å². The maximum absolute atomic E-state index is 12.0. The van der Waals surface area contributed by atoms with Crippen LogP contribution in [-0.4, -0.2) is 75.4 Å². The van der Waals surface area contributed by atoms with E-state index in [1.54, 1.807) is 13.8 Å². The summed E-state index contributed by atoms with van der Waals surface area (Å²) in [6.07, 6.45) is -2.61. The highest BCUT2D eigenvalue weighted by molar-refractivity contribution is 6.33. The number of ketones is 1. The fourth-order valence-corrected chi connectivity index (χ4v) is 3.07. The Labute approximate surface area is 153 Å². The first kappa shape index (κ1) is 21.2. The highest BCUT2D eigenvalue weighted by Gasteiger charge is 2.53. The van der Waals surface area contributed by atoms with Gasteiger partial charge in [-0.25, -0.2) is 4.79 Å². The number of carbonyl (C=O) groups is 2. The highest BCUT2D eigenvalue weighted by atomic mass is 16.8. The quantitative estimate of drug-likeness (QED) is 0.346. The summed E-state index contributed by atoms with van der Waals surface area (Å²) >= 11 is 0. The fourth-order valence-electron chi connectivity index (χ4n) is 3.07. The molecule has 0 bridgehead atoms. The van der Waals surface area contributed by atoms with Gasteiger partial charge in [0.15, 0.2) is 11.6 Å². The van der Waals surface area contributed by atoms with Gasteiger partial charge in [0.05, 0.1) is 19.8 Å². The number of rotatable bonds is 8. The van der Waals surface area contributed by atoms with Gasteiger partial charge in [-0.1, -0.05) is 0 Å². The van der Waals surface area contributed by atoms with Crippen molar-refractivity contribution in [1.29, 1.82) is 0 Å². The van der Waals surface area contributed by atoms with Crippen molar-refractivity contribution in [3.05, 3.63) is 0 Å². The molecule has 2 rings (SSSR count). The molecule has 4 atom stereocenters. The van der Waals surface area contributed by atoms with Crippen molar-refractivity contribution in [2.45, 2.75) is 70.1 Å². The maximum atomic E-state index is 12.0. The lowest BCUT2D eigenvalue weighted by molar-refractivity contribution is -0.178. The third-order valence-corrected chi connectivity index (χ3v) is 4.13. The van der Waals surface area contributed by atoms with E-state index in [1.165, 1.54) is 7.11 Å². The number of esters is 1. The molecule has 150 valence electrons. The zero-order valence-electron chi connectivity index (χ0n) is 16.1. The van der Waals surface area contributed by atoms with E-state index in [0.29, 0.717) is 6.61 Å². The summed E-state index contributed by atoms with van der Waals surface area (Å²) in [5.41, 5.74) is 0. The molecule has 0 aromatic heterocycles. The summed E-state index contributed by atoms with van der Waals surface area (Å²) in [6, 6.07) is 0. The lowest BCUT2D eigenvalue weighted by Gasteiger charge is -2.28. The molecule has 2 saturated heterocycles. The van der Waals surface area contributed by atoms with Gasteiger partial charge in [0, 0.05) is 13.5 Å². The molecule has 0 aromatic rings. The van der Waals surface area contributed by atoms with Crippen molar-refractivity contribution in [3.8, 4) is 0 Å². The average Bonchev–Trinajstić information content (AvgIpc) is 3.08. The van der Waals surface area contributed by atoms with Crippen molar-refractivity contribution in [2.75, 3.05) is 27.6 Å². The molecule has 0 amide bonds. The van der Waals surface area contributed by atoms with Crippen molar-refractivity contribution < 1.29 is 42.7 Å². The number of ether oxygens (including phenoxy) is 7. The van der Waals surface area contributed by atoms with Crippen LogP contribution in [-0.2, 0) is 42.7 Å². The Morgan fingerprint density at radius 1 is 1.08 bits per heavy atom. The predicted octanol–water partition coefficient (Wildman–Crippen LogP) is 0.779. The van der Waals surface area contributed by atoms with Crippen molar-refractivity contribution in [2.24, 2.45) is 0 Å². The molecule has 26 heavy (non-hydrogen) atoms. The highest BCUT2D eigenvalue weighted by Crippen LogP contribution is 2.38. The van der Waals surface area contributed by atoms with E-state index in [0.717, 1.165) is 7.11 Å². The van der Waals surface area contributed by atoms with Crippen LogP contribution in [0.4, 0.5) is 0 Å². The predicted molar refractivity (Wildman–Crippen MR) is 87.1 cm³/mol. The summed E-state index contributed by atoms with van der Waals surface area (Å²) in [5, 5.41) is 0. The summed E-state index contributed by atoms with van der Waals surface area (Å²) in [5.74, 6) is -3.30. The van der Waals surface area contributed by atoms with Gasteiger partial charge in [-0.15, -0.1) is 0 Å². The largest absolute Gasteiger partial charge is 0.463 e. The zero-order valence-corrected chi connectivity index (χ0v) is 16.1. The minimum Gasteiger partial charge on any atom is -0.463 e. The number of hydrogen-bond donors (Lipinski definition) is 0. The second-order valence-corrected chi connectivity index (χ2v) is 7.16. The fraction of sp³-hybridized carbons (Fsp3) is 0.882. The number of Topliss-reactive ketones (excluding diaryl/α,β-unsaturated/α-hetero) is 1. The first-order chi connectivity index (χ1) is 12.1. The van der Waals surface area contributed by atoms with E-state index in [4.69, 9.17) is 28.4 Å². The van der Waals surface area contributed by atoms with Crippen LogP contribution >= 0.6 is 0 Å². The molecule has 0 aromatic carbocycles. The van der Waals surface area contributed by atoms with Gasteiger partial charge in [-0.05, 0) is 27.7 Å². The topological polar surface area (TPSA) is 98.8 Å². The van der Waals surface area contributed by atoms with E-state index in [9.17, 15) is 9.59 Å². The number of hydrogen-bond acceptors (Lipinski definition) is 9. The van der Waals surface area contributed by atoms with E-state index in [2.05, 4.69) is 4.74 Å². The molecule has 0 unspecified atom stereocenters. The van der Waals surface area contributed by atoms with Crippen LogP contribution in [0.1, 0.15) is 34.1 Å². The molecule has 2 fully saturated rings. The van der Waals surface area contributed by atoms with Crippen LogP contribution in [0, 0.1) is 0 Å². The summed E-state index contributed by atoms with van der Waals surface area (Å²) < 4.78 is 38.5. The molecule has 0 saturated carbocycles. The van der Waals surface area contributed by atoms with E-state index >= 15 is 0 Å². The molecular formula is C17H28O9. The molecular weight excluding hydrogens is 348 g/mol. The van der Waals surface area contributed by atoms with Gasteiger partial charge < -0.3 is 33.2 Å². The van der Waals surface area contributed by atoms with Gasteiger partial charge in [-0.2, -0.15) is 0 Å². The second-order valence-electron chi connectivity index (χ2n) is 7.16. The minimum absolute atomic E-state index is 0.0698. The minimum atomic E-state index is -0.938. The second kappa shape index (κ2) is 8.28. The lowest BCUT2D eigenvalue weighted by Crippen LogP contribution is -2.46. The molecule has 0 N–H and O–H groups in total. The number of carbonyl (C=O) groups excluding carboxylic acids is 2. The maximum Gasteiger partial charge on any atom is 0.374 e. The first-order valence-corrected chi connectivity index (χ1v) is 8.47. The third kappa shape index (κ3) is 5.21. The molecule has 0 aliphatic carbocycles. The molecule has 9 nitrogen and oxygen atoms in total. The van der Waals surface area contributed by atoms with Crippen molar-refractivity contribution in [1.82, 2.24) is 0 Å². The Hall–Kier alpha value is -1.10. The van der Waals surface area contributed by atoms with E-state index < -0.39 is 47.7 Å². The van der Waals surface area contributed by atoms with Gasteiger partial charge in [0.1, 0.15) is 25.1 Å². The molecule has 0 radical (unpaired) electrons. The lowest BCUT2D eigenvalue weighted by atomic mass is 9.99. The summed E-state index contributed by atoms with van der Waals surface area (Å²) in [4.78, 5) is 23.6. The van der Waals surface area contributed by atoms with Crippen LogP contribution < -0.4 is 0 Å². The molecule has 9 heteroatoms. The Morgan fingerprint density at radius 3 is 2.31 bits per heavy atom. The van der Waals surface area contributed by atoms with Crippen molar-refractivity contribution >= 4 is 11.8 Å². The standard InChI is InChI=1S/C17H28O9/c1-16(2)23-8-12(24-16)14-13(25-17(3,4)26-14)11(22-9-20-5)7-10(18)15(19)21-6/h11-14H,7-9H2,1-6H3/t11-,12-,13+,14+/m1/s1. The molecule has 2 heterocycles. The normalized spacial score (nSPS) is 30.9. The summed E-state index contributed by atoms with van der Waals surface area (Å²) in [6.45, 7) is 7.38. The van der Waals surface area contributed by atoms with Crippen molar-refractivity contribution in [3.63, 3.8) is 0 Å². The summed E-state index contributed by atoms with van der Waals surface area (Å²) in [7, 11) is 2.61. The van der Waals surface area contributed by atoms with E-state index in [1.807, 2.05) is 13.8 Å². The van der Waals surface area contributed by atoms with Crippen LogP contribution in [0.3, 0.4) is 0 Å². The first-order valence-electron chi connectivity index (χ1n) is 8.47. The molecule has 2 aliphatic rings. The van der Waals surface area contributed by atoms with Crippen LogP contribution in [0.2, 0.25) is 0 Å². The smallest absolute Gasteiger partial charge is 0.374 e. The average molecular weight is 376 g/mol. The molecule has 0 spiro atoms. The number of methoxy groups -OCH3 is 2. The SMILES string of the molecule is COCO[C@H](CC(=O)C(=O)OC)[C@@H]1OC(C)(C)O[C@H]1[C@H]1COC(C)(C)O1. The van der Waals surface area contributed by atoms with E-state index in [-0.39, 0.29) is 13.2 Å². The van der Waals surface area contributed by atoms with Gasteiger partial charge in [-0.3, -0.25) is 4.79 Å². The third-order valence-electron chi connectivity index (χ3n) is 4.13. The van der Waals surface area contributed by atoms with Gasteiger partial charge in [0.2, 0.25) is 5.78 Å². The Balaban J connectivity index is 2.18. The van der Waals surface area contributed by atoms with Crippen LogP contribution in [0.15, 0.2) is 0 Å². The van der Waals surface area contributed by atoms with Crippen LogP contribution in [0.25, 0.3) is 0 Å². The monoisotopic (exact) mass is 376 g/mol. The zero-order chi connectivity index (χ0) is 19.5. The molecule has 2 aliphatic heterocycles. The van der Waals surface area contributed by atoms with Gasteiger partial charge >= 0.3 is 5.97 Å². The Kier molecular flexibility index (Phi) is 6.75.